The van der Waals surface area contributed by atoms with Gasteiger partial charge >= 0.3 is 0 Å². The third kappa shape index (κ3) is 5.03. The molecule has 3 aromatic heterocycles. The second kappa shape index (κ2) is 12.4. The van der Waals surface area contributed by atoms with Gasteiger partial charge in [0.25, 0.3) is 0 Å². The van der Waals surface area contributed by atoms with E-state index in [0.29, 0.717) is 0 Å². The quantitative estimate of drug-likeness (QED) is 0.178. The molecular formula is C50H31N3S. The van der Waals surface area contributed by atoms with E-state index >= 15 is 0 Å². The van der Waals surface area contributed by atoms with Crippen LogP contribution in [0.15, 0.2) is 188 Å². The molecule has 0 radical (unpaired) electrons. The number of nitrogens with zero attached hydrogens (tertiary/aromatic N) is 3. The first-order valence-corrected chi connectivity index (χ1v) is 19.1. The lowest BCUT2D eigenvalue weighted by Crippen LogP contribution is -1.96. The van der Waals surface area contributed by atoms with E-state index in [4.69, 9.17) is 9.97 Å². The molecule has 11 aromatic rings. The zero-order valence-corrected chi connectivity index (χ0v) is 30.0. The largest absolute Gasteiger partial charge is 0.309 e. The summed E-state index contributed by atoms with van der Waals surface area (Å²) in [5, 5.41) is 6.14. The van der Waals surface area contributed by atoms with Crippen molar-refractivity contribution < 1.29 is 0 Å². The van der Waals surface area contributed by atoms with E-state index in [9.17, 15) is 0 Å². The van der Waals surface area contributed by atoms with E-state index in [-0.39, 0.29) is 0 Å². The maximum absolute atomic E-state index is 5.26. The average molecular weight is 706 g/mol. The van der Waals surface area contributed by atoms with Crippen LogP contribution in [0.4, 0.5) is 0 Å². The van der Waals surface area contributed by atoms with E-state index in [1.54, 1.807) is 0 Å². The normalized spacial score (nSPS) is 11.7. The van der Waals surface area contributed by atoms with Crippen LogP contribution in [-0.4, -0.2) is 14.5 Å². The molecule has 0 atom stereocenters. The van der Waals surface area contributed by atoms with Crippen molar-refractivity contribution >= 4 is 64.2 Å². The minimum Gasteiger partial charge on any atom is -0.309 e. The van der Waals surface area contributed by atoms with Gasteiger partial charge in [0.1, 0.15) is 0 Å². The summed E-state index contributed by atoms with van der Waals surface area (Å²) in [6.07, 6.45) is 0. The van der Waals surface area contributed by atoms with Crippen molar-refractivity contribution in [3.8, 4) is 50.6 Å². The Morgan fingerprint density at radius 1 is 0.352 bits per heavy atom. The number of fused-ring (bicyclic) bond motifs is 7. The third-order valence-corrected chi connectivity index (χ3v) is 11.8. The lowest BCUT2D eigenvalue weighted by atomic mass is 9.98. The standard InChI is InChI=1S/C50H31N3S/c1-3-11-33(12-4-1)49-43-30-35(36-25-28-46-42(29-36)39-15-7-9-17-45(39)53(46)38-13-5-2-6-14-38)24-27-44(43)51-50(52-49)34-21-19-32(20-22-34)37-23-26-41-40-16-8-10-18-47(40)54-48(41)31-37/h1-31H. The highest BCUT2D eigenvalue weighted by Crippen LogP contribution is 2.39. The van der Waals surface area contributed by atoms with E-state index in [1.807, 2.05) is 11.3 Å². The molecule has 252 valence electrons. The zero-order valence-electron chi connectivity index (χ0n) is 29.1. The van der Waals surface area contributed by atoms with E-state index in [0.717, 1.165) is 50.4 Å². The number of hydrogen-bond acceptors (Lipinski definition) is 3. The van der Waals surface area contributed by atoms with Crippen molar-refractivity contribution in [2.75, 3.05) is 0 Å². The first kappa shape index (κ1) is 30.7. The molecule has 0 aliphatic carbocycles. The third-order valence-electron chi connectivity index (χ3n) is 10.6. The number of rotatable bonds is 5. The summed E-state index contributed by atoms with van der Waals surface area (Å²) in [7, 11) is 0. The SMILES string of the molecule is c1ccc(-c2nc(-c3ccc(-c4ccc5c(c4)sc4ccccc45)cc3)nc3ccc(-c4ccc5c(c4)c4ccccc4n5-c4ccccc4)cc23)cc1. The molecule has 0 saturated carbocycles. The maximum Gasteiger partial charge on any atom is 0.160 e. The molecule has 0 aliphatic rings. The van der Waals surface area contributed by atoms with Gasteiger partial charge in [-0.3, -0.25) is 0 Å². The fourth-order valence-corrected chi connectivity index (χ4v) is 9.12. The lowest BCUT2D eigenvalue weighted by molar-refractivity contribution is 1.18. The van der Waals surface area contributed by atoms with Crippen molar-refractivity contribution in [2.24, 2.45) is 0 Å². The Bertz CT molecular complexity index is 3200. The Balaban J connectivity index is 1.00. The molecule has 4 heteroatoms. The van der Waals surface area contributed by atoms with Crippen LogP contribution in [0.2, 0.25) is 0 Å². The first-order valence-electron chi connectivity index (χ1n) is 18.2. The fraction of sp³-hybridized carbons (Fsp3) is 0. The highest BCUT2D eigenvalue weighted by Gasteiger charge is 2.16. The summed E-state index contributed by atoms with van der Waals surface area (Å²) >= 11 is 1.85. The molecule has 0 amide bonds. The van der Waals surface area contributed by atoms with Gasteiger partial charge in [-0.05, 0) is 76.9 Å². The minimum atomic E-state index is 0.718. The second-order valence-corrected chi connectivity index (χ2v) is 14.9. The van der Waals surface area contributed by atoms with Gasteiger partial charge in [-0.1, -0.05) is 133 Å². The number of aromatic nitrogens is 3. The van der Waals surface area contributed by atoms with Crippen LogP contribution in [-0.2, 0) is 0 Å². The Morgan fingerprint density at radius 2 is 0.944 bits per heavy atom. The van der Waals surface area contributed by atoms with Crippen LogP contribution in [0.1, 0.15) is 0 Å². The molecule has 8 aromatic carbocycles. The highest BCUT2D eigenvalue weighted by atomic mass is 32.1. The van der Waals surface area contributed by atoms with Gasteiger partial charge in [-0.15, -0.1) is 11.3 Å². The zero-order chi connectivity index (χ0) is 35.6. The van der Waals surface area contributed by atoms with Gasteiger partial charge < -0.3 is 4.57 Å². The molecule has 0 unspecified atom stereocenters. The molecule has 0 spiro atoms. The highest BCUT2D eigenvalue weighted by molar-refractivity contribution is 7.25. The Hall–Kier alpha value is -6.88. The van der Waals surface area contributed by atoms with Gasteiger partial charge in [0.15, 0.2) is 5.82 Å². The average Bonchev–Trinajstić information content (AvgIpc) is 3.79. The van der Waals surface area contributed by atoms with Crippen molar-refractivity contribution in [1.29, 1.82) is 0 Å². The van der Waals surface area contributed by atoms with Crippen LogP contribution in [0, 0.1) is 0 Å². The predicted molar refractivity (Wildman–Crippen MR) is 229 cm³/mol. The molecule has 3 nitrogen and oxygen atoms in total. The Morgan fingerprint density at radius 3 is 1.78 bits per heavy atom. The Kier molecular flexibility index (Phi) is 7.04. The molecule has 54 heavy (non-hydrogen) atoms. The van der Waals surface area contributed by atoms with E-state index in [2.05, 4.69) is 193 Å². The van der Waals surface area contributed by atoms with E-state index in [1.165, 1.54) is 53.1 Å². The van der Waals surface area contributed by atoms with Crippen molar-refractivity contribution in [2.45, 2.75) is 0 Å². The summed E-state index contributed by atoms with van der Waals surface area (Å²) in [6, 6.07) is 67.3. The molecule has 0 saturated heterocycles. The van der Waals surface area contributed by atoms with Crippen molar-refractivity contribution in [3.63, 3.8) is 0 Å². The molecular weight excluding hydrogens is 675 g/mol. The number of benzene rings is 8. The van der Waals surface area contributed by atoms with Gasteiger partial charge in [-0.2, -0.15) is 0 Å². The van der Waals surface area contributed by atoms with Gasteiger partial charge in [-0.25, -0.2) is 9.97 Å². The van der Waals surface area contributed by atoms with Gasteiger partial charge in [0.2, 0.25) is 0 Å². The van der Waals surface area contributed by atoms with Crippen molar-refractivity contribution in [1.82, 2.24) is 14.5 Å². The smallest absolute Gasteiger partial charge is 0.160 e. The van der Waals surface area contributed by atoms with Crippen LogP contribution >= 0.6 is 11.3 Å². The summed E-state index contributed by atoms with van der Waals surface area (Å²) in [6.45, 7) is 0. The maximum atomic E-state index is 5.26. The van der Waals surface area contributed by atoms with E-state index < -0.39 is 0 Å². The summed E-state index contributed by atoms with van der Waals surface area (Å²) in [5.74, 6) is 0.718. The minimum absolute atomic E-state index is 0.718. The number of thiophene rings is 1. The summed E-state index contributed by atoms with van der Waals surface area (Å²) in [5.41, 5.74) is 12.1. The van der Waals surface area contributed by atoms with Crippen LogP contribution in [0.5, 0.6) is 0 Å². The molecule has 0 fully saturated rings. The molecule has 0 N–H and O–H groups in total. The van der Waals surface area contributed by atoms with Gasteiger partial charge in [0, 0.05) is 53.1 Å². The molecule has 3 heterocycles. The van der Waals surface area contributed by atoms with Crippen LogP contribution < -0.4 is 0 Å². The summed E-state index contributed by atoms with van der Waals surface area (Å²) in [4.78, 5) is 10.4. The second-order valence-electron chi connectivity index (χ2n) is 13.8. The molecule has 11 rings (SSSR count). The van der Waals surface area contributed by atoms with Crippen LogP contribution in [0.3, 0.4) is 0 Å². The lowest BCUT2D eigenvalue weighted by Gasteiger charge is -2.12. The fourth-order valence-electron chi connectivity index (χ4n) is 7.98. The first-order chi connectivity index (χ1) is 26.7. The van der Waals surface area contributed by atoms with Gasteiger partial charge in [0.05, 0.1) is 22.2 Å². The topological polar surface area (TPSA) is 30.7 Å². The molecule has 0 aliphatic heterocycles. The van der Waals surface area contributed by atoms with Crippen molar-refractivity contribution in [3.05, 3.63) is 188 Å². The number of hydrogen-bond donors (Lipinski definition) is 0. The molecule has 0 bridgehead atoms. The number of para-hydroxylation sites is 2. The van der Waals surface area contributed by atoms with Crippen LogP contribution in [0.25, 0.3) is 103 Å². The summed E-state index contributed by atoms with van der Waals surface area (Å²) < 4.78 is 4.98. The monoisotopic (exact) mass is 705 g/mol. The predicted octanol–water partition coefficient (Wildman–Crippen LogP) is 13.8. The Labute approximate surface area is 316 Å².